The topological polar surface area (TPSA) is 171 Å². The molecule has 11 heteroatoms. The van der Waals surface area contributed by atoms with Crippen molar-refractivity contribution in [3.8, 4) is 0 Å². The second-order valence-corrected chi connectivity index (χ2v) is 5.91. The van der Waals surface area contributed by atoms with E-state index < -0.39 is 6.03 Å². The molecular formula is C16H22Cl2N8O. The van der Waals surface area contributed by atoms with Gasteiger partial charge >= 0.3 is 6.03 Å². The minimum atomic E-state index is -0.821. The number of aromatic nitrogens is 2. The van der Waals surface area contributed by atoms with Crippen LogP contribution in [-0.4, -0.2) is 28.4 Å². The Morgan fingerprint density at radius 3 is 2.41 bits per heavy atom. The Labute approximate surface area is 168 Å². The van der Waals surface area contributed by atoms with Crippen molar-refractivity contribution in [1.82, 2.24) is 9.97 Å². The lowest BCUT2D eigenvalue weighted by Crippen LogP contribution is -2.25. The van der Waals surface area contributed by atoms with E-state index in [2.05, 4.69) is 20.3 Å². The fourth-order valence-electron chi connectivity index (χ4n) is 2.21. The van der Waals surface area contributed by atoms with Crippen LogP contribution in [0, 0.1) is 0 Å². The highest BCUT2D eigenvalue weighted by Gasteiger charge is 2.15. The number of amides is 2. The van der Waals surface area contributed by atoms with Crippen molar-refractivity contribution in [2.75, 3.05) is 23.3 Å². The molecule has 0 aliphatic carbocycles. The fourth-order valence-corrected chi connectivity index (χ4v) is 2.34. The van der Waals surface area contributed by atoms with Gasteiger partial charge in [0.1, 0.15) is 11.5 Å². The van der Waals surface area contributed by atoms with Gasteiger partial charge in [0, 0.05) is 12.2 Å². The fraction of sp³-hybridized carbons (Fsp3) is 0.250. The zero-order valence-electron chi connectivity index (χ0n) is 14.5. The van der Waals surface area contributed by atoms with Gasteiger partial charge in [-0.2, -0.15) is 0 Å². The van der Waals surface area contributed by atoms with Crippen LogP contribution in [0.1, 0.15) is 24.1 Å². The van der Waals surface area contributed by atoms with Crippen molar-refractivity contribution in [2.45, 2.75) is 19.3 Å². The molecule has 9 N–H and O–H groups in total. The largest absolute Gasteiger partial charge is 0.399 e. The Kier molecular flexibility index (Phi) is 8.57. The summed E-state index contributed by atoms with van der Waals surface area (Å²) in [5, 5.41) is 2.27. The number of primary amides is 1. The van der Waals surface area contributed by atoms with Gasteiger partial charge < -0.3 is 22.9 Å². The molecule has 2 rings (SSSR count). The molecular weight excluding hydrogens is 391 g/mol. The van der Waals surface area contributed by atoms with Crippen molar-refractivity contribution < 1.29 is 4.79 Å². The number of hydrogen-bond donors (Lipinski definition) is 5. The molecule has 0 unspecified atom stereocenters. The first-order valence-electron chi connectivity index (χ1n) is 7.91. The minimum Gasteiger partial charge on any atom is -0.399 e. The first-order chi connectivity index (χ1) is 12.4. The molecule has 0 bridgehead atoms. The SMILES string of the molecule is Cl.NC(=O)Nc1nc(N)c(Cl)nc1C(N)=NCCCCc1ccc(N)cc1. The Balaban J connectivity index is 0.00000364. The number of amidine groups is 1. The number of aliphatic imine (C=N–C) groups is 1. The highest BCUT2D eigenvalue weighted by molar-refractivity contribution is 6.31. The monoisotopic (exact) mass is 412 g/mol. The lowest BCUT2D eigenvalue weighted by molar-refractivity contribution is 0.259. The summed E-state index contributed by atoms with van der Waals surface area (Å²) in [7, 11) is 0. The number of carbonyl (C=O) groups excluding carboxylic acids is 1. The van der Waals surface area contributed by atoms with Gasteiger partial charge in [-0.25, -0.2) is 14.8 Å². The molecule has 146 valence electrons. The van der Waals surface area contributed by atoms with Crippen LogP contribution in [0.3, 0.4) is 0 Å². The van der Waals surface area contributed by atoms with Crippen LogP contribution in [0.5, 0.6) is 0 Å². The van der Waals surface area contributed by atoms with E-state index >= 15 is 0 Å². The Bertz CT molecular complexity index is 811. The Hall–Kier alpha value is -2.78. The van der Waals surface area contributed by atoms with E-state index in [-0.39, 0.29) is 40.7 Å². The highest BCUT2D eigenvalue weighted by atomic mass is 35.5. The number of anilines is 3. The first kappa shape index (κ1) is 22.3. The molecule has 1 aromatic heterocycles. The highest BCUT2D eigenvalue weighted by Crippen LogP contribution is 2.19. The van der Waals surface area contributed by atoms with Crippen LogP contribution in [0.25, 0.3) is 0 Å². The average Bonchev–Trinajstić information content (AvgIpc) is 2.58. The smallest absolute Gasteiger partial charge is 0.317 e. The molecule has 27 heavy (non-hydrogen) atoms. The van der Waals surface area contributed by atoms with E-state index in [1.807, 2.05) is 24.3 Å². The van der Waals surface area contributed by atoms with Gasteiger partial charge in [-0.3, -0.25) is 10.3 Å². The van der Waals surface area contributed by atoms with Gasteiger partial charge in [-0.1, -0.05) is 23.7 Å². The summed E-state index contributed by atoms with van der Waals surface area (Å²) < 4.78 is 0. The maximum atomic E-state index is 11.1. The number of carbonyl (C=O) groups is 1. The van der Waals surface area contributed by atoms with Gasteiger partial charge in [0.2, 0.25) is 0 Å². The van der Waals surface area contributed by atoms with Gasteiger partial charge in [-0.15, -0.1) is 12.4 Å². The van der Waals surface area contributed by atoms with Gasteiger partial charge in [0.15, 0.2) is 16.8 Å². The molecule has 0 saturated heterocycles. The third kappa shape index (κ3) is 6.80. The Morgan fingerprint density at radius 1 is 1.11 bits per heavy atom. The van der Waals surface area contributed by atoms with Crippen molar-refractivity contribution in [2.24, 2.45) is 16.5 Å². The average molecular weight is 413 g/mol. The molecule has 1 heterocycles. The molecule has 0 spiro atoms. The summed E-state index contributed by atoms with van der Waals surface area (Å²) in [5.74, 6) is 0.0635. The number of urea groups is 1. The zero-order chi connectivity index (χ0) is 19.1. The molecule has 0 aliphatic heterocycles. The predicted molar refractivity (Wildman–Crippen MR) is 111 cm³/mol. The van der Waals surface area contributed by atoms with Crippen molar-refractivity contribution in [3.05, 3.63) is 40.7 Å². The van der Waals surface area contributed by atoms with Crippen LogP contribution >= 0.6 is 24.0 Å². The predicted octanol–water partition coefficient (Wildman–Crippen LogP) is 1.93. The minimum absolute atomic E-state index is 0. The number of benzene rings is 1. The summed E-state index contributed by atoms with van der Waals surface area (Å²) in [5.41, 5.74) is 24.4. The Morgan fingerprint density at radius 2 is 1.78 bits per heavy atom. The molecule has 0 radical (unpaired) electrons. The van der Waals surface area contributed by atoms with E-state index in [1.54, 1.807) is 0 Å². The zero-order valence-corrected chi connectivity index (χ0v) is 16.1. The van der Waals surface area contributed by atoms with E-state index in [9.17, 15) is 4.79 Å². The summed E-state index contributed by atoms with van der Waals surface area (Å²) in [4.78, 5) is 23.3. The molecule has 0 saturated carbocycles. The van der Waals surface area contributed by atoms with Crippen molar-refractivity contribution >= 4 is 53.2 Å². The van der Waals surface area contributed by atoms with Crippen molar-refractivity contribution in [3.63, 3.8) is 0 Å². The van der Waals surface area contributed by atoms with Gasteiger partial charge in [-0.05, 0) is 37.0 Å². The van der Waals surface area contributed by atoms with Crippen LogP contribution in [-0.2, 0) is 6.42 Å². The maximum Gasteiger partial charge on any atom is 0.317 e. The van der Waals surface area contributed by atoms with Crippen molar-refractivity contribution in [1.29, 1.82) is 0 Å². The van der Waals surface area contributed by atoms with Crippen LogP contribution in [0.15, 0.2) is 29.3 Å². The molecule has 2 amide bonds. The van der Waals surface area contributed by atoms with Gasteiger partial charge in [0.25, 0.3) is 0 Å². The van der Waals surface area contributed by atoms with Gasteiger partial charge in [0.05, 0.1) is 0 Å². The number of aryl methyl sites for hydroxylation is 1. The molecule has 2 aromatic rings. The number of rotatable bonds is 7. The van der Waals surface area contributed by atoms with Crippen LogP contribution in [0.2, 0.25) is 5.15 Å². The van der Waals surface area contributed by atoms with Crippen LogP contribution < -0.4 is 28.3 Å². The second-order valence-electron chi connectivity index (χ2n) is 5.55. The molecule has 1 aromatic carbocycles. The number of halogens is 2. The van der Waals surface area contributed by atoms with E-state index in [1.165, 1.54) is 5.56 Å². The standard InChI is InChI=1S/C16H21ClN8O.ClH/c17-12-14(20)24-15(25-16(21)26)11(23-12)13(19)22-8-2-1-3-9-4-6-10(18)7-5-9;/h4-7H,1-3,8,18H2,(H2,19,22)(H5,20,21,24,25,26);1H. The number of nitrogens with one attached hydrogen (secondary N) is 1. The third-order valence-electron chi connectivity index (χ3n) is 3.50. The first-order valence-corrected chi connectivity index (χ1v) is 8.28. The number of unbranched alkanes of at least 4 members (excludes halogenated alkanes) is 1. The third-order valence-corrected chi connectivity index (χ3v) is 3.78. The lowest BCUT2D eigenvalue weighted by Gasteiger charge is -2.09. The molecule has 9 nitrogen and oxygen atoms in total. The number of nitrogens with zero attached hydrogens (tertiary/aromatic N) is 3. The second kappa shape index (κ2) is 10.4. The number of nitrogen functional groups attached to an aromatic ring is 2. The maximum absolute atomic E-state index is 11.1. The quantitative estimate of drug-likeness (QED) is 0.201. The number of hydrogen-bond acceptors (Lipinski definition) is 6. The molecule has 0 atom stereocenters. The van der Waals surface area contributed by atoms with E-state index in [0.29, 0.717) is 6.54 Å². The lowest BCUT2D eigenvalue weighted by atomic mass is 10.1. The normalized spacial score (nSPS) is 10.9. The molecule has 0 fully saturated rings. The number of nitrogens with two attached hydrogens (primary N) is 4. The summed E-state index contributed by atoms with van der Waals surface area (Å²) in [6.07, 6.45) is 2.67. The van der Waals surface area contributed by atoms with E-state index in [4.69, 9.17) is 34.5 Å². The summed E-state index contributed by atoms with van der Waals surface area (Å²) in [6, 6.07) is 6.94. The molecule has 0 aliphatic rings. The van der Waals surface area contributed by atoms with Crippen LogP contribution in [0.4, 0.5) is 22.1 Å². The summed E-state index contributed by atoms with van der Waals surface area (Å²) >= 11 is 5.87. The summed E-state index contributed by atoms with van der Waals surface area (Å²) in [6.45, 7) is 0.487. The van der Waals surface area contributed by atoms with E-state index in [0.717, 1.165) is 24.9 Å².